The molecule has 0 unspecified atom stereocenters. The topological polar surface area (TPSA) is 63.3 Å². The van der Waals surface area contributed by atoms with Crippen molar-refractivity contribution in [3.05, 3.63) is 34.9 Å². The summed E-state index contributed by atoms with van der Waals surface area (Å²) in [6, 6.07) is 5.11. The van der Waals surface area contributed by atoms with E-state index in [1.165, 1.54) is 0 Å². The minimum absolute atomic E-state index is 0. The van der Waals surface area contributed by atoms with Crippen LogP contribution in [0, 0.1) is 6.92 Å². The summed E-state index contributed by atoms with van der Waals surface area (Å²) in [6.45, 7) is 2.49. The van der Waals surface area contributed by atoms with Crippen LogP contribution in [0.5, 0.6) is 0 Å². The number of carboxylic acid groups (broad SMARTS) is 1. The van der Waals surface area contributed by atoms with Gasteiger partial charge in [0.05, 0.1) is 5.56 Å². The van der Waals surface area contributed by atoms with Gasteiger partial charge in [-0.3, -0.25) is 0 Å². The molecule has 0 heterocycles. The van der Waals surface area contributed by atoms with Gasteiger partial charge in [0.2, 0.25) is 0 Å². The number of hydrogen-bond donors (Lipinski definition) is 2. The van der Waals surface area contributed by atoms with E-state index in [4.69, 9.17) is 10.8 Å². The second-order valence-electron chi connectivity index (χ2n) is 2.99. The molecule has 1 rings (SSSR count). The van der Waals surface area contributed by atoms with Gasteiger partial charge in [-0.25, -0.2) is 4.79 Å². The molecule has 0 aliphatic rings. The van der Waals surface area contributed by atoms with Crippen molar-refractivity contribution in [3.63, 3.8) is 0 Å². The van der Waals surface area contributed by atoms with Gasteiger partial charge in [0, 0.05) is 0 Å². The first kappa shape index (κ1) is 12.9. The highest BCUT2D eigenvalue weighted by molar-refractivity contribution is 5.87. The smallest absolute Gasteiger partial charge is 0.335 e. The standard InChI is InChI=1S/C10H13NO2.ClH/c1-7-6-9(10(12)13)3-2-8(7)4-5-11;/h2-3,6H,4-5,11H2,1H3,(H,12,13);1H. The number of aromatic carboxylic acids is 1. The molecule has 3 N–H and O–H groups in total. The monoisotopic (exact) mass is 215 g/mol. The van der Waals surface area contributed by atoms with Crippen LogP contribution in [0.15, 0.2) is 18.2 Å². The van der Waals surface area contributed by atoms with Crippen molar-refractivity contribution in [2.75, 3.05) is 6.54 Å². The van der Waals surface area contributed by atoms with Crippen LogP contribution in [0.4, 0.5) is 0 Å². The summed E-state index contributed by atoms with van der Waals surface area (Å²) in [4.78, 5) is 10.6. The Morgan fingerprint density at radius 3 is 2.57 bits per heavy atom. The highest BCUT2D eigenvalue weighted by Gasteiger charge is 2.04. The van der Waals surface area contributed by atoms with Crippen molar-refractivity contribution < 1.29 is 9.90 Å². The Labute approximate surface area is 89.3 Å². The molecule has 0 radical (unpaired) electrons. The molecule has 0 aliphatic carbocycles. The van der Waals surface area contributed by atoms with Gasteiger partial charge in [0.15, 0.2) is 0 Å². The van der Waals surface area contributed by atoms with Gasteiger partial charge < -0.3 is 10.8 Å². The summed E-state index contributed by atoms with van der Waals surface area (Å²) in [5.41, 5.74) is 7.85. The Balaban J connectivity index is 0.00000169. The molecule has 1 aromatic rings. The van der Waals surface area contributed by atoms with Gasteiger partial charge in [-0.2, -0.15) is 0 Å². The largest absolute Gasteiger partial charge is 0.478 e. The minimum Gasteiger partial charge on any atom is -0.478 e. The molecule has 14 heavy (non-hydrogen) atoms. The zero-order chi connectivity index (χ0) is 9.84. The number of halogens is 1. The second kappa shape index (κ2) is 5.62. The summed E-state index contributed by atoms with van der Waals surface area (Å²) in [6.07, 6.45) is 0.797. The van der Waals surface area contributed by atoms with E-state index in [-0.39, 0.29) is 12.4 Å². The van der Waals surface area contributed by atoms with Gasteiger partial charge in [0.1, 0.15) is 0 Å². The molecule has 1 aromatic carbocycles. The first-order valence-corrected chi connectivity index (χ1v) is 4.18. The molecule has 4 heteroatoms. The summed E-state index contributed by atoms with van der Waals surface area (Å²) in [7, 11) is 0. The molecular formula is C10H14ClNO2. The molecule has 0 fully saturated rings. The van der Waals surface area contributed by atoms with Crippen LogP contribution >= 0.6 is 12.4 Å². The molecular weight excluding hydrogens is 202 g/mol. The predicted molar refractivity (Wildman–Crippen MR) is 58.1 cm³/mol. The van der Waals surface area contributed by atoms with Gasteiger partial charge in [-0.05, 0) is 43.1 Å². The van der Waals surface area contributed by atoms with E-state index in [2.05, 4.69) is 0 Å². The fraction of sp³-hybridized carbons (Fsp3) is 0.300. The number of hydrogen-bond acceptors (Lipinski definition) is 2. The van der Waals surface area contributed by atoms with E-state index in [1.807, 2.05) is 13.0 Å². The van der Waals surface area contributed by atoms with Crippen LogP contribution < -0.4 is 5.73 Å². The van der Waals surface area contributed by atoms with Crippen molar-refractivity contribution >= 4 is 18.4 Å². The molecule has 0 saturated carbocycles. The maximum absolute atomic E-state index is 10.6. The van der Waals surface area contributed by atoms with E-state index in [9.17, 15) is 4.79 Å². The highest BCUT2D eigenvalue weighted by Crippen LogP contribution is 2.11. The summed E-state index contributed by atoms with van der Waals surface area (Å²) >= 11 is 0. The Hall–Kier alpha value is -1.06. The van der Waals surface area contributed by atoms with Crippen molar-refractivity contribution in [2.45, 2.75) is 13.3 Å². The number of carbonyl (C=O) groups is 1. The van der Waals surface area contributed by atoms with E-state index in [0.29, 0.717) is 12.1 Å². The van der Waals surface area contributed by atoms with Crippen molar-refractivity contribution in [3.8, 4) is 0 Å². The first-order valence-electron chi connectivity index (χ1n) is 4.18. The number of aryl methyl sites for hydroxylation is 1. The lowest BCUT2D eigenvalue weighted by molar-refractivity contribution is 0.0697. The number of nitrogens with two attached hydrogens (primary N) is 1. The third kappa shape index (κ3) is 3.01. The number of carboxylic acids is 1. The average Bonchev–Trinajstić information content (AvgIpc) is 2.08. The van der Waals surface area contributed by atoms with E-state index in [1.54, 1.807) is 12.1 Å². The van der Waals surface area contributed by atoms with Gasteiger partial charge in [-0.1, -0.05) is 6.07 Å². The SMILES string of the molecule is Cc1cc(C(=O)O)ccc1CCN.Cl. The van der Waals surface area contributed by atoms with E-state index < -0.39 is 5.97 Å². The van der Waals surface area contributed by atoms with Gasteiger partial charge in [-0.15, -0.1) is 12.4 Å². The highest BCUT2D eigenvalue weighted by atomic mass is 35.5. The lowest BCUT2D eigenvalue weighted by Crippen LogP contribution is -2.05. The lowest BCUT2D eigenvalue weighted by Gasteiger charge is -2.04. The first-order chi connectivity index (χ1) is 6.15. The molecule has 0 saturated heterocycles. The molecule has 78 valence electrons. The predicted octanol–water partition coefficient (Wildman–Crippen LogP) is 1.62. The zero-order valence-corrected chi connectivity index (χ0v) is 8.80. The third-order valence-corrected chi connectivity index (χ3v) is 2.00. The Bertz CT molecular complexity index is 326. The molecule has 0 amide bonds. The van der Waals surface area contributed by atoms with Crippen LogP contribution in [0.2, 0.25) is 0 Å². The fourth-order valence-corrected chi connectivity index (χ4v) is 1.26. The van der Waals surface area contributed by atoms with Gasteiger partial charge >= 0.3 is 5.97 Å². The summed E-state index contributed by atoms with van der Waals surface area (Å²) < 4.78 is 0. The van der Waals surface area contributed by atoms with Crippen LogP contribution in [0.3, 0.4) is 0 Å². The molecule has 0 aromatic heterocycles. The quantitative estimate of drug-likeness (QED) is 0.806. The van der Waals surface area contributed by atoms with Crippen molar-refractivity contribution in [1.29, 1.82) is 0 Å². The number of benzene rings is 1. The third-order valence-electron chi connectivity index (χ3n) is 2.00. The van der Waals surface area contributed by atoms with Gasteiger partial charge in [0.25, 0.3) is 0 Å². The average molecular weight is 216 g/mol. The molecule has 0 aliphatic heterocycles. The maximum Gasteiger partial charge on any atom is 0.335 e. The Kier molecular flexibility index (Phi) is 5.20. The lowest BCUT2D eigenvalue weighted by atomic mass is 10.0. The van der Waals surface area contributed by atoms with Crippen LogP contribution in [-0.2, 0) is 6.42 Å². The van der Waals surface area contributed by atoms with E-state index >= 15 is 0 Å². The maximum atomic E-state index is 10.6. The summed E-state index contributed by atoms with van der Waals surface area (Å²) in [5, 5.41) is 8.71. The number of rotatable bonds is 3. The van der Waals surface area contributed by atoms with Crippen LogP contribution in [0.25, 0.3) is 0 Å². The minimum atomic E-state index is -0.887. The van der Waals surface area contributed by atoms with Crippen LogP contribution in [0.1, 0.15) is 21.5 Å². The molecule has 0 bridgehead atoms. The van der Waals surface area contributed by atoms with E-state index in [0.717, 1.165) is 17.5 Å². The van der Waals surface area contributed by atoms with Crippen molar-refractivity contribution in [2.24, 2.45) is 5.73 Å². The molecule has 0 atom stereocenters. The van der Waals surface area contributed by atoms with Crippen molar-refractivity contribution in [1.82, 2.24) is 0 Å². The molecule has 0 spiro atoms. The van der Waals surface area contributed by atoms with Crippen LogP contribution in [-0.4, -0.2) is 17.6 Å². The Morgan fingerprint density at radius 1 is 1.50 bits per heavy atom. The second-order valence-corrected chi connectivity index (χ2v) is 2.99. The summed E-state index contributed by atoms with van der Waals surface area (Å²) in [5.74, 6) is -0.887. The zero-order valence-electron chi connectivity index (χ0n) is 7.99. The Morgan fingerprint density at radius 2 is 2.14 bits per heavy atom. The fourth-order valence-electron chi connectivity index (χ4n) is 1.26. The molecule has 3 nitrogen and oxygen atoms in total. The normalized spacial score (nSPS) is 9.29.